The van der Waals surface area contributed by atoms with Crippen molar-refractivity contribution < 1.29 is 32.2 Å². The molecule has 4 rings (SSSR count). The Morgan fingerprint density at radius 3 is 2.47 bits per heavy atom. The fourth-order valence-electron chi connectivity index (χ4n) is 3.72. The number of aromatic nitrogens is 2. The SMILES string of the molecule is CCn1c(COC(=O)COc2ccc(OC)cc2)nc2cc(S(=O)(=O)N3CCOCC3)ccc21. The van der Waals surface area contributed by atoms with Crippen LogP contribution in [0.5, 0.6) is 11.5 Å². The maximum Gasteiger partial charge on any atom is 0.344 e. The normalized spacial score (nSPS) is 14.8. The molecule has 1 fully saturated rings. The number of sulfonamides is 1. The Kier molecular flexibility index (Phi) is 7.35. The minimum absolute atomic E-state index is 0.0567. The zero-order valence-electron chi connectivity index (χ0n) is 19.1. The van der Waals surface area contributed by atoms with E-state index in [1.54, 1.807) is 49.6 Å². The van der Waals surface area contributed by atoms with Gasteiger partial charge in [-0.3, -0.25) is 0 Å². The van der Waals surface area contributed by atoms with Gasteiger partial charge in [0.2, 0.25) is 10.0 Å². The van der Waals surface area contributed by atoms with Crippen molar-refractivity contribution in [2.24, 2.45) is 0 Å². The van der Waals surface area contributed by atoms with Gasteiger partial charge in [0.05, 0.1) is 36.3 Å². The van der Waals surface area contributed by atoms with Crippen LogP contribution < -0.4 is 9.47 Å². The van der Waals surface area contributed by atoms with Gasteiger partial charge in [-0.15, -0.1) is 0 Å². The number of fused-ring (bicyclic) bond motifs is 1. The second kappa shape index (κ2) is 10.4. The maximum atomic E-state index is 13.0. The van der Waals surface area contributed by atoms with Crippen molar-refractivity contribution in [2.45, 2.75) is 25.0 Å². The molecule has 2 aromatic carbocycles. The van der Waals surface area contributed by atoms with Crippen molar-refractivity contribution in [2.75, 3.05) is 40.0 Å². The topological polar surface area (TPSA) is 109 Å². The van der Waals surface area contributed by atoms with Crippen molar-refractivity contribution in [3.8, 4) is 11.5 Å². The molecule has 0 radical (unpaired) electrons. The molecule has 0 amide bonds. The summed E-state index contributed by atoms with van der Waals surface area (Å²) in [5.41, 5.74) is 1.29. The molecule has 1 saturated heterocycles. The first-order valence-electron chi connectivity index (χ1n) is 10.9. The van der Waals surface area contributed by atoms with E-state index in [2.05, 4.69) is 4.98 Å². The molecule has 11 heteroatoms. The minimum Gasteiger partial charge on any atom is -0.497 e. The number of aryl methyl sites for hydroxylation is 1. The summed E-state index contributed by atoms with van der Waals surface area (Å²) in [7, 11) is -2.06. The molecular weight excluding hydrogens is 462 g/mol. The van der Waals surface area contributed by atoms with E-state index in [0.29, 0.717) is 55.7 Å². The van der Waals surface area contributed by atoms with E-state index in [1.807, 2.05) is 11.5 Å². The minimum atomic E-state index is -3.63. The molecule has 0 N–H and O–H groups in total. The number of esters is 1. The lowest BCUT2D eigenvalue weighted by Crippen LogP contribution is -2.40. The molecule has 2 heterocycles. The third-order valence-electron chi connectivity index (χ3n) is 5.50. The molecule has 0 bridgehead atoms. The smallest absolute Gasteiger partial charge is 0.344 e. The molecule has 0 saturated carbocycles. The number of carbonyl (C=O) groups excluding carboxylic acids is 1. The molecule has 0 spiro atoms. The fourth-order valence-corrected chi connectivity index (χ4v) is 5.15. The molecule has 1 aliphatic rings. The molecule has 3 aromatic rings. The van der Waals surface area contributed by atoms with Crippen LogP contribution in [-0.2, 0) is 37.4 Å². The summed E-state index contributed by atoms with van der Waals surface area (Å²) in [4.78, 5) is 16.9. The summed E-state index contributed by atoms with van der Waals surface area (Å²) < 4.78 is 50.4. The van der Waals surface area contributed by atoms with Crippen LogP contribution in [0.2, 0.25) is 0 Å². The van der Waals surface area contributed by atoms with E-state index in [9.17, 15) is 13.2 Å². The second-order valence-electron chi connectivity index (χ2n) is 7.56. The lowest BCUT2D eigenvalue weighted by Gasteiger charge is -2.26. The molecule has 0 unspecified atom stereocenters. The quantitative estimate of drug-likeness (QED) is 0.421. The summed E-state index contributed by atoms with van der Waals surface area (Å²) >= 11 is 0. The number of ether oxygens (including phenoxy) is 4. The van der Waals surface area contributed by atoms with Crippen LogP contribution in [0.15, 0.2) is 47.4 Å². The van der Waals surface area contributed by atoms with Crippen LogP contribution in [0.25, 0.3) is 11.0 Å². The number of morpholine rings is 1. The lowest BCUT2D eigenvalue weighted by atomic mass is 10.3. The molecule has 1 aromatic heterocycles. The molecule has 182 valence electrons. The number of rotatable bonds is 9. The summed E-state index contributed by atoms with van der Waals surface area (Å²) in [5.74, 6) is 1.19. The summed E-state index contributed by atoms with van der Waals surface area (Å²) in [5, 5.41) is 0. The van der Waals surface area contributed by atoms with Crippen LogP contribution >= 0.6 is 0 Å². The summed E-state index contributed by atoms with van der Waals surface area (Å²) in [6.07, 6.45) is 0. The Balaban J connectivity index is 1.44. The maximum absolute atomic E-state index is 13.0. The number of nitrogens with zero attached hydrogens (tertiary/aromatic N) is 3. The van der Waals surface area contributed by atoms with Crippen molar-refractivity contribution in [1.82, 2.24) is 13.9 Å². The number of imidazole rings is 1. The van der Waals surface area contributed by atoms with Gasteiger partial charge in [0.1, 0.15) is 23.9 Å². The highest BCUT2D eigenvalue weighted by atomic mass is 32.2. The lowest BCUT2D eigenvalue weighted by molar-refractivity contribution is -0.147. The Labute approximate surface area is 198 Å². The fraction of sp³-hybridized carbons (Fsp3) is 0.391. The van der Waals surface area contributed by atoms with Gasteiger partial charge in [0.25, 0.3) is 0 Å². The number of hydrogen-bond donors (Lipinski definition) is 0. The predicted molar refractivity (Wildman–Crippen MR) is 123 cm³/mol. The third kappa shape index (κ3) is 5.16. The zero-order chi connectivity index (χ0) is 24.1. The van der Waals surface area contributed by atoms with Crippen LogP contribution in [0.3, 0.4) is 0 Å². The van der Waals surface area contributed by atoms with Gasteiger partial charge in [-0.2, -0.15) is 4.31 Å². The molecule has 1 aliphatic heterocycles. The Morgan fingerprint density at radius 2 is 1.79 bits per heavy atom. The van der Waals surface area contributed by atoms with Gasteiger partial charge < -0.3 is 23.5 Å². The number of benzene rings is 2. The van der Waals surface area contributed by atoms with Crippen LogP contribution in [0.1, 0.15) is 12.7 Å². The largest absolute Gasteiger partial charge is 0.497 e. The first-order chi connectivity index (χ1) is 16.4. The van der Waals surface area contributed by atoms with E-state index in [-0.39, 0.29) is 18.1 Å². The van der Waals surface area contributed by atoms with Gasteiger partial charge in [-0.1, -0.05) is 0 Å². The molecule has 0 aliphatic carbocycles. The second-order valence-corrected chi connectivity index (χ2v) is 9.50. The van der Waals surface area contributed by atoms with Crippen LogP contribution in [0, 0.1) is 0 Å². The highest BCUT2D eigenvalue weighted by Gasteiger charge is 2.27. The standard InChI is InChI=1S/C23H27N3O7S/c1-3-26-21-9-8-19(34(28,29)25-10-12-31-13-11-25)14-20(21)24-22(26)15-33-23(27)16-32-18-6-4-17(30-2)5-7-18/h4-9,14H,3,10-13,15-16H2,1-2H3. The van der Waals surface area contributed by atoms with E-state index in [4.69, 9.17) is 18.9 Å². The third-order valence-corrected chi connectivity index (χ3v) is 7.40. The number of carbonyl (C=O) groups is 1. The first kappa shape index (κ1) is 24.0. The molecule has 34 heavy (non-hydrogen) atoms. The number of hydrogen-bond acceptors (Lipinski definition) is 8. The van der Waals surface area contributed by atoms with Gasteiger partial charge in [-0.05, 0) is 49.4 Å². The zero-order valence-corrected chi connectivity index (χ0v) is 19.9. The predicted octanol–water partition coefficient (Wildman–Crippen LogP) is 2.21. The van der Waals surface area contributed by atoms with Gasteiger partial charge >= 0.3 is 5.97 Å². The highest BCUT2D eigenvalue weighted by Crippen LogP contribution is 2.24. The highest BCUT2D eigenvalue weighted by molar-refractivity contribution is 7.89. The van der Waals surface area contributed by atoms with Crippen LogP contribution in [-0.4, -0.2) is 68.3 Å². The Morgan fingerprint density at radius 1 is 1.09 bits per heavy atom. The first-order valence-corrected chi connectivity index (χ1v) is 12.4. The average Bonchev–Trinajstić information content (AvgIpc) is 3.23. The molecule has 10 nitrogen and oxygen atoms in total. The summed E-state index contributed by atoms with van der Waals surface area (Å²) in [6, 6.07) is 11.7. The summed E-state index contributed by atoms with van der Waals surface area (Å²) in [6.45, 7) is 3.62. The van der Waals surface area contributed by atoms with Crippen LogP contribution in [0.4, 0.5) is 0 Å². The van der Waals surface area contributed by atoms with Gasteiger partial charge in [-0.25, -0.2) is 18.2 Å². The van der Waals surface area contributed by atoms with E-state index < -0.39 is 16.0 Å². The monoisotopic (exact) mass is 489 g/mol. The van der Waals surface area contributed by atoms with E-state index in [0.717, 1.165) is 5.52 Å². The Hall–Kier alpha value is -3.15. The average molecular weight is 490 g/mol. The van der Waals surface area contributed by atoms with E-state index >= 15 is 0 Å². The molecular formula is C23H27N3O7S. The number of methoxy groups -OCH3 is 1. The van der Waals surface area contributed by atoms with Crippen molar-refractivity contribution in [3.63, 3.8) is 0 Å². The van der Waals surface area contributed by atoms with Crippen molar-refractivity contribution >= 4 is 27.0 Å². The van der Waals surface area contributed by atoms with Crippen molar-refractivity contribution in [3.05, 3.63) is 48.3 Å². The van der Waals surface area contributed by atoms with E-state index in [1.165, 1.54) is 4.31 Å². The Bertz CT molecular complexity index is 1250. The van der Waals surface area contributed by atoms with Gasteiger partial charge in [0.15, 0.2) is 6.61 Å². The van der Waals surface area contributed by atoms with Crippen molar-refractivity contribution in [1.29, 1.82) is 0 Å². The van der Waals surface area contributed by atoms with Gasteiger partial charge in [0, 0.05) is 19.6 Å². The molecule has 0 atom stereocenters.